The molecule has 0 fully saturated rings. The third-order valence-corrected chi connectivity index (χ3v) is 3.05. The molecule has 1 aliphatic carbocycles. The smallest absolute Gasteiger partial charge is 0.682 e. The van der Waals surface area contributed by atoms with Crippen molar-refractivity contribution in [1.29, 1.82) is 0 Å². The Labute approximate surface area is 146 Å². The molecule has 0 bridgehead atoms. The summed E-state index contributed by atoms with van der Waals surface area (Å²) in [6.07, 6.45) is 0. The van der Waals surface area contributed by atoms with Gasteiger partial charge >= 0.3 is 21.7 Å². The number of rotatable bonds is 1. The summed E-state index contributed by atoms with van der Waals surface area (Å²) in [5, 5.41) is 4.81. The van der Waals surface area contributed by atoms with Crippen molar-refractivity contribution < 1.29 is 21.7 Å². The van der Waals surface area contributed by atoms with Crippen LogP contribution in [-0.2, 0) is 21.7 Å². The molecule has 0 saturated heterocycles. The van der Waals surface area contributed by atoms with Crippen molar-refractivity contribution in [1.82, 2.24) is 0 Å². The van der Waals surface area contributed by atoms with Crippen LogP contribution >= 0.6 is 0 Å². The van der Waals surface area contributed by atoms with Gasteiger partial charge in [-0.25, -0.2) is 0 Å². The van der Waals surface area contributed by atoms with Crippen molar-refractivity contribution in [2.75, 3.05) is 0 Å². The summed E-state index contributed by atoms with van der Waals surface area (Å²) >= 11 is 0. The van der Waals surface area contributed by atoms with Crippen molar-refractivity contribution in [3.8, 4) is 0 Å². The van der Waals surface area contributed by atoms with Gasteiger partial charge in [0.1, 0.15) is 0 Å². The molecule has 0 aromatic carbocycles. The maximum absolute atomic E-state index is 4.81. The van der Waals surface area contributed by atoms with Crippen LogP contribution in [0.15, 0.2) is 22.4 Å². The summed E-state index contributed by atoms with van der Waals surface area (Å²) < 4.78 is 0. The Hall–Kier alpha value is 0.211. The van der Waals surface area contributed by atoms with Gasteiger partial charge in [-0.05, 0) is 26.7 Å². The Kier molecular flexibility index (Phi) is 16.8. The second-order valence-electron chi connectivity index (χ2n) is 5.90. The molecule has 0 heterocycles. The molecule has 20 heavy (non-hydrogen) atoms. The molecular formula is C17H35NSiTi. The first-order chi connectivity index (χ1) is 7.65. The molecule has 1 aliphatic rings. The minimum absolute atomic E-state index is 0. The molecule has 0 aromatic rings. The number of allylic oxidation sites excluding steroid dienone is 3. The number of hydrogen-bond acceptors (Lipinski definition) is 0. The predicted octanol–water partition coefficient (Wildman–Crippen LogP) is 5.84. The number of hydrogen-bond donors (Lipinski definition) is 0. The molecule has 1 rings (SSSR count). The minimum Gasteiger partial charge on any atom is -0.682 e. The molecule has 1 unspecified atom stereocenters. The Bertz CT molecular complexity index is 324. The summed E-state index contributed by atoms with van der Waals surface area (Å²) in [4.78, 5) is 0. The van der Waals surface area contributed by atoms with E-state index in [9.17, 15) is 0 Å². The van der Waals surface area contributed by atoms with E-state index in [1.165, 1.54) is 22.4 Å². The van der Waals surface area contributed by atoms with Crippen LogP contribution in [0.4, 0.5) is 0 Å². The second-order valence-corrected chi connectivity index (χ2v) is 7.05. The van der Waals surface area contributed by atoms with Crippen LogP contribution < -0.4 is 0 Å². The van der Waals surface area contributed by atoms with Gasteiger partial charge in [0.15, 0.2) is 0 Å². The molecule has 0 amide bonds. The average Bonchev–Trinajstić information content (AvgIpc) is 2.35. The largest absolute Gasteiger partial charge is 3.00 e. The van der Waals surface area contributed by atoms with Gasteiger partial charge < -0.3 is 20.2 Å². The van der Waals surface area contributed by atoms with E-state index in [4.69, 9.17) is 5.32 Å². The fourth-order valence-electron chi connectivity index (χ4n) is 1.88. The SMILES string of the molecule is CC1=C(C)C(C)C([N-]C(C)(C)C)=C1C.C[SiH]C.[CH3-].[CH3-].[Ti+3]. The van der Waals surface area contributed by atoms with E-state index in [-0.39, 0.29) is 42.1 Å². The van der Waals surface area contributed by atoms with Crippen LogP contribution in [0.3, 0.4) is 0 Å². The van der Waals surface area contributed by atoms with E-state index in [1.807, 2.05) is 0 Å². The molecule has 2 radical (unpaired) electrons. The van der Waals surface area contributed by atoms with Gasteiger partial charge in [0, 0.05) is 9.52 Å². The Morgan fingerprint density at radius 3 is 1.50 bits per heavy atom. The molecule has 0 N–H and O–H groups in total. The van der Waals surface area contributed by atoms with Gasteiger partial charge in [0.25, 0.3) is 0 Å². The fraction of sp³-hybridized carbons (Fsp3) is 0.647. The monoisotopic (exact) mass is 329 g/mol. The molecular weight excluding hydrogens is 294 g/mol. The van der Waals surface area contributed by atoms with Gasteiger partial charge in [-0.2, -0.15) is 5.70 Å². The summed E-state index contributed by atoms with van der Waals surface area (Å²) in [6, 6.07) is 0. The molecule has 0 spiro atoms. The van der Waals surface area contributed by atoms with Crippen LogP contribution in [0.2, 0.25) is 13.1 Å². The Morgan fingerprint density at radius 2 is 1.30 bits per heavy atom. The summed E-state index contributed by atoms with van der Waals surface area (Å²) in [7, 11) is 0.750. The van der Waals surface area contributed by atoms with Gasteiger partial charge in [0.05, 0.1) is 0 Å². The standard InChI is InChI=1S/C13H22N.C2H7Si.2CH3.Ti/c1-8-9(2)11(4)12(10(8)3)14-13(5,6)7;1-3-2;;;/h10H,1-7H3;3H,1-2H3;2*1H3;/q-1;;2*-1;+3. The minimum atomic E-state index is 0. The zero-order valence-electron chi connectivity index (χ0n) is 15.6. The molecule has 0 aromatic heterocycles. The van der Waals surface area contributed by atoms with Crippen molar-refractivity contribution in [2.24, 2.45) is 5.92 Å². The van der Waals surface area contributed by atoms with Gasteiger partial charge in [0.2, 0.25) is 0 Å². The van der Waals surface area contributed by atoms with Crippen LogP contribution in [-0.4, -0.2) is 15.1 Å². The van der Waals surface area contributed by atoms with Crippen molar-refractivity contribution in [3.05, 3.63) is 42.6 Å². The molecule has 1 atom stereocenters. The van der Waals surface area contributed by atoms with E-state index in [0.717, 1.165) is 9.52 Å². The molecule has 116 valence electrons. The zero-order chi connectivity index (χ0) is 13.8. The third kappa shape index (κ3) is 8.49. The zero-order valence-corrected chi connectivity index (χ0v) is 18.3. The van der Waals surface area contributed by atoms with Crippen LogP contribution in [0.1, 0.15) is 48.5 Å². The van der Waals surface area contributed by atoms with Gasteiger partial charge in [-0.15, -0.1) is 5.54 Å². The molecule has 0 saturated carbocycles. The normalized spacial score (nSPS) is 17.4. The Morgan fingerprint density at radius 1 is 0.950 bits per heavy atom. The van der Waals surface area contributed by atoms with E-state index in [2.05, 4.69) is 61.6 Å². The average molecular weight is 329 g/mol. The maximum Gasteiger partial charge on any atom is 3.00 e. The first-order valence-corrected chi connectivity index (χ1v) is 8.82. The molecule has 0 aliphatic heterocycles. The van der Waals surface area contributed by atoms with Crippen LogP contribution in [0, 0.1) is 20.8 Å². The first kappa shape index (κ1) is 28.4. The van der Waals surface area contributed by atoms with Gasteiger partial charge in [-0.3, -0.25) is 0 Å². The topological polar surface area (TPSA) is 14.1 Å². The summed E-state index contributed by atoms with van der Waals surface area (Å²) in [5.41, 5.74) is 5.61. The Balaban J connectivity index is -0.000000196. The fourth-order valence-corrected chi connectivity index (χ4v) is 1.88. The van der Waals surface area contributed by atoms with Crippen LogP contribution in [0.5, 0.6) is 0 Å². The summed E-state index contributed by atoms with van der Waals surface area (Å²) in [6.45, 7) is 19.7. The third-order valence-electron chi connectivity index (χ3n) is 3.05. The van der Waals surface area contributed by atoms with Crippen molar-refractivity contribution >= 4 is 9.52 Å². The van der Waals surface area contributed by atoms with Gasteiger partial charge in [-0.1, -0.05) is 57.5 Å². The van der Waals surface area contributed by atoms with Crippen LogP contribution in [0.25, 0.3) is 5.32 Å². The summed E-state index contributed by atoms with van der Waals surface area (Å²) in [5.74, 6) is 0.509. The second kappa shape index (κ2) is 11.8. The van der Waals surface area contributed by atoms with E-state index >= 15 is 0 Å². The quantitative estimate of drug-likeness (QED) is 0.424. The molecule has 1 nitrogen and oxygen atoms in total. The van der Waals surface area contributed by atoms with Crippen molar-refractivity contribution in [3.63, 3.8) is 0 Å². The van der Waals surface area contributed by atoms with Crippen molar-refractivity contribution in [2.45, 2.75) is 67.1 Å². The first-order valence-electron chi connectivity index (χ1n) is 6.51. The van der Waals surface area contributed by atoms with E-state index in [0.29, 0.717) is 5.92 Å². The predicted molar refractivity (Wildman–Crippen MR) is 95.1 cm³/mol. The molecule has 3 heteroatoms. The maximum atomic E-state index is 4.81. The number of nitrogens with zero attached hydrogens (tertiary/aromatic N) is 1. The van der Waals surface area contributed by atoms with E-state index < -0.39 is 0 Å². The van der Waals surface area contributed by atoms with E-state index in [1.54, 1.807) is 0 Å².